The zero-order valence-corrected chi connectivity index (χ0v) is 10.4. The fraction of sp³-hybridized carbons (Fsp3) is 0.188. The van der Waals surface area contributed by atoms with Crippen LogP contribution in [0.2, 0.25) is 0 Å². The molecule has 0 unspecified atom stereocenters. The SMILES string of the molecule is CC(C)Oc1ccc2cccc3c2c1C(=O)C=C3. The van der Waals surface area contributed by atoms with Gasteiger partial charge in [-0.3, -0.25) is 4.79 Å². The van der Waals surface area contributed by atoms with Crippen LogP contribution in [-0.4, -0.2) is 11.9 Å². The highest BCUT2D eigenvalue weighted by molar-refractivity contribution is 6.21. The molecular formula is C16H14O2. The first-order valence-corrected chi connectivity index (χ1v) is 6.11. The number of benzene rings is 2. The van der Waals surface area contributed by atoms with Crippen LogP contribution < -0.4 is 4.74 Å². The third-order valence-electron chi connectivity index (χ3n) is 3.06. The summed E-state index contributed by atoms with van der Waals surface area (Å²) in [4.78, 5) is 12.1. The second-order valence-electron chi connectivity index (χ2n) is 4.75. The Morgan fingerprint density at radius 2 is 1.89 bits per heavy atom. The summed E-state index contributed by atoms with van der Waals surface area (Å²) in [5.74, 6) is 0.703. The summed E-state index contributed by atoms with van der Waals surface area (Å²) in [6.45, 7) is 3.93. The molecule has 0 spiro atoms. The molecule has 0 bridgehead atoms. The standard InChI is InChI=1S/C16H14O2/c1-10(2)18-14-9-7-12-5-3-4-11-6-8-13(17)16(14)15(11)12/h3-10H,1-2H3. The van der Waals surface area contributed by atoms with Gasteiger partial charge in [-0.15, -0.1) is 0 Å². The Morgan fingerprint density at radius 3 is 2.67 bits per heavy atom. The van der Waals surface area contributed by atoms with E-state index in [1.54, 1.807) is 6.08 Å². The van der Waals surface area contributed by atoms with Crippen molar-refractivity contribution in [2.75, 3.05) is 0 Å². The van der Waals surface area contributed by atoms with Gasteiger partial charge in [-0.1, -0.05) is 30.3 Å². The maximum Gasteiger partial charge on any atom is 0.190 e. The van der Waals surface area contributed by atoms with Gasteiger partial charge < -0.3 is 4.74 Å². The molecule has 1 aliphatic rings. The second kappa shape index (κ2) is 3.98. The Kier molecular flexibility index (Phi) is 2.44. The molecule has 0 N–H and O–H groups in total. The van der Waals surface area contributed by atoms with E-state index in [4.69, 9.17) is 4.74 Å². The lowest BCUT2D eigenvalue weighted by atomic mass is 9.91. The van der Waals surface area contributed by atoms with Gasteiger partial charge in [0.2, 0.25) is 0 Å². The lowest BCUT2D eigenvalue weighted by Gasteiger charge is -2.18. The average molecular weight is 238 g/mol. The average Bonchev–Trinajstić information content (AvgIpc) is 2.34. The molecule has 3 rings (SSSR count). The zero-order chi connectivity index (χ0) is 12.7. The fourth-order valence-electron chi connectivity index (χ4n) is 2.37. The molecule has 2 aromatic carbocycles. The largest absolute Gasteiger partial charge is 0.490 e. The summed E-state index contributed by atoms with van der Waals surface area (Å²) < 4.78 is 5.75. The molecule has 0 aromatic heterocycles. The fourth-order valence-corrected chi connectivity index (χ4v) is 2.37. The van der Waals surface area contributed by atoms with Crippen LogP contribution in [0.15, 0.2) is 36.4 Å². The normalized spacial score (nSPS) is 13.4. The second-order valence-corrected chi connectivity index (χ2v) is 4.75. The van der Waals surface area contributed by atoms with Crippen molar-refractivity contribution in [2.24, 2.45) is 0 Å². The molecule has 1 aliphatic carbocycles. The monoisotopic (exact) mass is 238 g/mol. The summed E-state index contributed by atoms with van der Waals surface area (Å²) in [7, 11) is 0. The van der Waals surface area contributed by atoms with E-state index in [1.807, 2.05) is 50.3 Å². The van der Waals surface area contributed by atoms with Crippen molar-refractivity contribution in [1.82, 2.24) is 0 Å². The van der Waals surface area contributed by atoms with Gasteiger partial charge >= 0.3 is 0 Å². The highest BCUT2D eigenvalue weighted by atomic mass is 16.5. The van der Waals surface area contributed by atoms with E-state index in [2.05, 4.69) is 0 Å². The van der Waals surface area contributed by atoms with Gasteiger partial charge in [-0.2, -0.15) is 0 Å². The van der Waals surface area contributed by atoms with E-state index < -0.39 is 0 Å². The maximum absolute atomic E-state index is 12.1. The maximum atomic E-state index is 12.1. The van der Waals surface area contributed by atoms with E-state index in [0.717, 1.165) is 16.3 Å². The number of hydrogen-bond acceptors (Lipinski definition) is 2. The Balaban J connectivity index is 2.34. The Bertz CT molecular complexity index is 666. The van der Waals surface area contributed by atoms with Crippen molar-refractivity contribution in [3.05, 3.63) is 47.5 Å². The Hall–Kier alpha value is -2.09. The summed E-state index contributed by atoms with van der Waals surface area (Å²) in [6, 6.07) is 9.94. The summed E-state index contributed by atoms with van der Waals surface area (Å²) in [6.07, 6.45) is 3.55. The van der Waals surface area contributed by atoms with Crippen LogP contribution in [0.3, 0.4) is 0 Å². The third-order valence-corrected chi connectivity index (χ3v) is 3.06. The van der Waals surface area contributed by atoms with Crippen LogP contribution in [0.5, 0.6) is 5.75 Å². The highest BCUT2D eigenvalue weighted by Gasteiger charge is 2.20. The number of ketones is 1. The number of ether oxygens (including phenoxy) is 1. The summed E-state index contributed by atoms with van der Waals surface area (Å²) in [5, 5.41) is 2.08. The molecule has 2 nitrogen and oxygen atoms in total. The van der Waals surface area contributed by atoms with Crippen molar-refractivity contribution in [1.29, 1.82) is 0 Å². The number of hydrogen-bond donors (Lipinski definition) is 0. The molecule has 2 aromatic rings. The molecule has 90 valence electrons. The molecule has 2 heteroatoms. The van der Waals surface area contributed by atoms with E-state index in [9.17, 15) is 4.79 Å². The smallest absolute Gasteiger partial charge is 0.190 e. The molecule has 0 fully saturated rings. The molecule has 0 saturated carbocycles. The van der Waals surface area contributed by atoms with Crippen LogP contribution in [0, 0.1) is 0 Å². The van der Waals surface area contributed by atoms with Gasteiger partial charge in [0.1, 0.15) is 5.75 Å². The molecule has 0 aliphatic heterocycles. The molecular weight excluding hydrogens is 224 g/mol. The van der Waals surface area contributed by atoms with Crippen LogP contribution >= 0.6 is 0 Å². The van der Waals surface area contributed by atoms with Gasteiger partial charge in [0.05, 0.1) is 11.7 Å². The first-order chi connectivity index (χ1) is 8.66. The predicted molar refractivity (Wildman–Crippen MR) is 73.1 cm³/mol. The third kappa shape index (κ3) is 1.61. The Labute approximate surface area is 106 Å². The number of allylic oxidation sites excluding steroid dienone is 1. The zero-order valence-electron chi connectivity index (χ0n) is 10.4. The topological polar surface area (TPSA) is 26.3 Å². The van der Waals surface area contributed by atoms with Gasteiger partial charge in [0.15, 0.2) is 5.78 Å². The van der Waals surface area contributed by atoms with Gasteiger partial charge in [-0.05, 0) is 36.9 Å². The van der Waals surface area contributed by atoms with E-state index in [0.29, 0.717) is 11.3 Å². The minimum atomic E-state index is 0.0231. The van der Waals surface area contributed by atoms with Gasteiger partial charge in [0.25, 0.3) is 0 Å². The number of carbonyl (C=O) groups excluding carboxylic acids is 1. The van der Waals surface area contributed by atoms with E-state index in [1.165, 1.54) is 0 Å². The Morgan fingerprint density at radius 1 is 1.06 bits per heavy atom. The molecule has 0 heterocycles. The van der Waals surface area contributed by atoms with E-state index in [-0.39, 0.29) is 11.9 Å². The minimum Gasteiger partial charge on any atom is -0.490 e. The van der Waals surface area contributed by atoms with Gasteiger partial charge in [-0.25, -0.2) is 0 Å². The van der Waals surface area contributed by atoms with E-state index >= 15 is 0 Å². The van der Waals surface area contributed by atoms with Crippen molar-refractivity contribution >= 4 is 22.6 Å². The van der Waals surface area contributed by atoms with Crippen molar-refractivity contribution in [3.8, 4) is 5.75 Å². The highest BCUT2D eigenvalue weighted by Crippen LogP contribution is 2.35. The van der Waals surface area contributed by atoms with Crippen LogP contribution in [-0.2, 0) is 0 Å². The molecule has 0 radical (unpaired) electrons. The lowest BCUT2D eigenvalue weighted by Crippen LogP contribution is -2.11. The first-order valence-electron chi connectivity index (χ1n) is 6.11. The van der Waals surface area contributed by atoms with Crippen LogP contribution in [0.4, 0.5) is 0 Å². The minimum absolute atomic E-state index is 0.0231. The predicted octanol–water partition coefficient (Wildman–Crippen LogP) is 3.84. The summed E-state index contributed by atoms with van der Waals surface area (Å²) in [5.41, 5.74) is 1.77. The molecule has 0 atom stereocenters. The molecule has 0 amide bonds. The van der Waals surface area contributed by atoms with Crippen molar-refractivity contribution in [2.45, 2.75) is 20.0 Å². The van der Waals surface area contributed by atoms with Crippen molar-refractivity contribution in [3.63, 3.8) is 0 Å². The molecule has 0 saturated heterocycles. The molecule has 18 heavy (non-hydrogen) atoms. The van der Waals surface area contributed by atoms with Gasteiger partial charge in [0, 0.05) is 5.39 Å². The quantitative estimate of drug-likeness (QED) is 0.794. The first kappa shape index (κ1) is 11.0. The van der Waals surface area contributed by atoms with Crippen LogP contribution in [0.1, 0.15) is 29.8 Å². The van der Waals surface area contributed by atoms with Crippen LogP contribution in [0.25, 0.3) is 16.8 Å². The summed E-state index contributed by atoms with van der Waals surface area (Å²) >= 11 is 0. The number of carbonyl (C=O) groups is 1. The number of rotatable bonds is 2. The lowest BCUT2D eigenvalue weighted by molar-refractivity contribution is 0.104. The van der Waals surface area contributed by atoms with Crippen molar-refractivity contribution < 1.29 is 9.53 Å².